The Labute approximate surface area is 82.7 Å². The van der Waals surface area contributed by atoms with Gasteiger partial charge in [0.1, 0.15) is 11.9 Å². The highest BCUT2D eigenvalue weighted by atomic mass is 79.9. The summed E-state index contributed by atoms with van der Waals surface area (Å²) in [5.41, 5.74) is -0.537. The molecule has 0 aromatic heterocycles. The predicted molar refractivity (Wildman–Crippen MR) is 48.6 cm³/mol. The summed E-state index contributed by atoms with van der Waals surface area (Å²) in [4.78, 5) is 0. The first-order valence-corrected chi connectivity index (χ1v) is 4.11. The zero-order valence-corrected chi connectivity index (χ0v) is 7.92. The van der Waals surface area contributed by atoms with Crippen LogP contribution in [-0.2, 0) is 0 Å². The smallest absolute Gasteiger partial charge is 0.423 e. The van der Waals surface area contributed by atoms with E-state index in [1.54, 1.807) is 6.07 Å². The zero-order chi connectivity index (χ0) is 10.0. The minimum Gasteiger partial charge on any atom is -0.423 e. The van der Waals surface area contributed by atoms with Crippen LogP contribution in [0.4, 0.5) is 4.39 Å². The minimum atomic E-state index is -1.93. The average molecular weight is 244 g/mol. The maximum absolute atomic E-state index is 13.2. The first-order chi connectivity index (χ1) is 6.07. The lowest BCUT2D eigenvalue weighted by Crippen LogP contribution is -2.34. The largest absolute Gasteiger partial charge is 0.492 e. The van der Waals surface area contributed by atoms with Gasteiger partial charge in [-0.25, -0.2) is 4.39 Å². The number of nitriles is 1. The Hall–Kier alpha value is -0.895. The van der Waals surface area contributed by atoms with E-state index in [1.807, 2.05) is 0 Å². The van der Waals surface area contributed by atoms with Crippen LogP contribution in [0.5, 0.6) is 0 Å². The quantitative estimate of drug-likeness (QED) is 0.690. The van der Waals surface area contributed by atoms with Crippen molar-refractivity contribution in [1.29, 1.82) is 5.26 Å². The highest BCUT2D eigenvalue weighted by Crippen LogP contribution is 2.12. The van der Waals surface area contributed by atoms with Gasteiger partial charge in [-0.1, -0.05) is 15.9 Å². The van der Waals surface area contributed by atoms with Crippen molar-refractivity contribution in [3.05, 3.63) is 28.0 Å². The van der Waals surface area contributed by atoms with Gasteiger partial charge in [0, 0.05) is 9.94 Å². The van der Waals surface area contributed by atoms with Gasteiger partial charge in [0.05, 0.1) is 5.56 Å². The van der Waals surface area contributed by atoms with Crippen molar-refractivity contribution in [1.82, 2.24) is 0 Å². The van der Waals surface area contributed by atoms with Gasteiger partial charge in [-0.3, -0.25) is 0 Å². The normalized spacial score (nSPS) is 9.46. The first kappa shape index (κ1) is 10.2. The lowest BCUT2D eigenvalue weighted by Gasteiger charge is -2.04. The second-order valence-corrected chi connectivity index (χ2v) is 3.16. The Morgan fingerprint density at radius 1 is 1.46 bits per heavy atom. The van der Waals surface area contributed by atoms with Gasteiger partial charge in [-0.05, 0) is 12.1 Å². The number of rotatable bonds is 1. The van der Waals surface area contributed by atoms with Crippen LogP contribution in [0.3, 0.4) is 0 Å². The summed E-state index contributed by atoms with van der Waals surface area (Å²) in [5, 5.41) is 26.0. The van der Waals surface area contributed by atoms with Crippen LogP contribution in [0.2, 0.25) is 0 Å². The number of hydrogen-bond donors (Lipinski definition) is 2. The fourth-order valence-electron chi connectivity index (χ4n) is 0.892. The van der Waals surface area contributed by atoms with Crippen LogP contribution in [-0.4, -0.2) is 17.2 Å². The molecule has 0 saturated carbocycles. The Morgan fingerprint density at radius 2 is 2.08 bits per heavy atom. The molecule has 0 amide bonds. The van der Waals surface area contributed by atoms with Gasteiger partial charge in [-0.15, -0.1) is 0 Å². The van der Waals surface area contributed by atoms with Crippen LogP contribution in [0, 0.1) is 17.1 Å². The van der Waals surface area contributed by atoms with E-state index in [0.29, 0.717) is 0 Å². The van der Waals surface area contributed by atoms with E-state index in [0.717, 1.165) is 0 Å². The topological polar surface area (TPSA) is 64.2 Å². The summed E-state index contributed by atoms with van der Waals surface area (Å²) in [6.45, 7) is 0. The molecule has 1 rings (SSSR count). The highest BCUT2D eigenvalue weighted by molar-refractivity contribution is 9.10. The summed E-state index contributed by atoms with van der Waals surface area (Å²) in [5.74, 6) is -0.910. The predicted octanol–water partition coefficient (Wildman–Crippen LogP) is 0.140. The summed E-state index contributed by atoms with van der Waals surface area (Å²) in [6.07, 6.45) is 0. The van der Waals surface area contributed by atoms with E-state index in [-0.39, 0.29) is 15.5 Å². The molecule has 0 bridgehead atoms. The molecular formula is C7H4BBrFNO2. The number of benzene rings is 1. The summed E-state index contributed by atoms with van der Waals surface area (Å²) < 4.78 is 13.4. The first-order valence-electron chi connectivity index (χ1n) is 3.32. The maximum Gasteiger partial charge on any atom is 0.492 e. The zero-order valence-electron chi connectivity index (χ0n) is 6.33. The van der Waals surface area contributed by atoms with E-state index in [2.05, 4.69) is 15.9 Å². The number of hydrogen-bond acceptors (Lipinski definition) is 3. The van der Waals surface area contributed by atoms with Crippen molar-refractivity contribution >= 4 is 28.5 Å². The molecule has 0 unspecified atom stereocenters. The van der Waals surface area contributed by atoms with Crippen molar-refractivity contribution in [2.24, 2.45) is 0 Å². The lowest BCUT2D eigenvalue weighted by atomic mass is 9.79. The molecule has 0 aliphatic carbocycles. The fraction of sp³-hybridized carbons (Fsp3) is 0. The molecule has 0 saturated heterocycles. The molecule has 0 heterocycles. The third-order valence-electron chi connectivity index (χ3n) is 1.51. The van der Waals surface area contributed by atoms with Crippen LogP contribution < -0.4 is 5.46 Å². The van der Waals surface area contributed by atoms with Gasteiger partial charge < -0.3 is 10.0 Å². The minimum absolute atomic E-state index is 0.216. The lowest BCUT2D eigenvalue weighted by molar-refractivity contribution is 0.422. The van der Waals surface area contributed by atoms with E-state index in [4.69, 9.17) is 15.3 Å². The molecule has 0 aliphatic heterocycles. The summed E-state index contributed by atoms with van der Waals surface area (Å²) >= 11 is 2.94. The highest BCUT2D eigenvalue weighted by Gasteiger charge is 2.22. The molecule has 6 heteroatoms. The van der Waals surface area contributed by atoms with Crippen LogP contribution >= 0.6 is 15.9 Å². The Morgan fingerprint density at radius 3 is 2.54 bits per heavy atom. The molecule has 1 aromatic rings. The van der Waals surface area contributed by atoms with Crippen molar-refractivity contribution in [2.45, 2.75) is 0 Å². The molecular weight excluding hydrogens is 240 g/mol. The van der Waals surface area contributed by atoms with Crippen molar-refractivity contribution in [2.75, 3.05) is 0 Å². The average Bonchev–Trinajstić information content (AvgIpc) is 2.04. The van der Waals surface area contributed by atoms with Gasteiger partial charge in [0.15, 0.2) is 0 Å². The molecule has 0 aliphatic rings. The molecule has 0 fully saturated rings. The van der Waals surface area contributed by atoms with Crippen LogP contribution in [0.25, 0.3) is 0 Å². The fourth-order valence-corrected chi connectivity index (χ4v) is 1.40. The Kier molecular flexibility index (Phi) is 3.04. The second-order valence-electron chi connectivity index (χ2n) is 2.31. The molecule has 1 aromatic carbocycles. The molecule has 0 spiro atoms. The standard InChI is InChI=1S/C7H4BBrFNO2/c9-5-2-1-4(3-11)7(10)6(5)8(12)13/h1-2,12-13H. The van der Waals surface area contributed by atoms with Crippen LogP contribution in [0.1, 0.15) is 5.56 Å². The molecule has 0 radical (unpaired) electrons. The molecule has 3 nitrogen and oxygen atoms in total. The molecule has 2 N–H and O–H groups in total. The molecule has 66 valence electrons. The number of halogens is 2. The number of nitrogens with zero attached hydrogens (tertiary/aromatic N) is 1. The van der Waals surface area contributed by atoms with E-state index in [1.165, 1.54) is 12.1 Å². The van der Waals surface area contributed by atoms with Crippen molar-refractivity contribution in [3.8, 4) is 6.07 Å². The molecule has 13 heavy (non-hydrogen) atoms. The van der Waals surface area contributed by atoms with Gasteiger partial charge in [0.25, 0.3) is 0 Å². The van der Waals surface area contributed by atoms with E-state index < -0.39 is 12.9 Å². The Balaban J connectivity index is 3.41. The summed E-state index contributed by atoms with van der Waals surface area (Å²) in [6, 6.07) is 4.24. The van der Waals surface area contributed by atoms with Gasteiger partial charge in [0.2, 0.25) is 0 Å². The SMILES string of the molecule is N#Cc1ccc(Br)c(B(O)O)c1F. The third kappa shape index (κ3) is 1.88. The second kappa shape index (κ2) is 3.88. The van der Waals surface area contributed by atoms with Crippen molar-refractivity contribution < 1.29 is 14.4 Å². The third-order valence-corrected chi connectivity index (χ3v) is 2.20. The van der Waals surface area contributed by atoms with Gasteiger partial charge >= 0.3 is 7.12 Å². The van der Waals surface area contributed by atoms with Crippen LogP contribution in [0.15, 0.2) is 16.6 Å². The monoisotopic (exact) mass is 243 g/mol. The van der Waals surface area contributed by atoms with E-state index >= 15 is 0 Å². The Bertz CT molecular complexity index is 377. The summed E-state index contributed by atoms with van der Waals surface area (Å²) in [7, 11) is -1.93. The van der Waals surface area contributed by atoms with E-state index in [9.17, 15) is 4.39 Å². The van der Waals surface area contributed by atoms with Crippen molar-refractivity contribution in [3.63, 3.8) is 0 Å². The van der Waals surface area contributed by atoms with Gasteiger partial charge in [-0.2, -0.15) is 5.26 Å². The maximum atomic E-state index is 13.2. The molecule has 0 atom stereocenters.